The van der Waals surface area contributed by atoms with E-state index in [2.05, 4.69) is 0 Å². The number of ether oxygens (including phenoxy) is 1. The van der Waals surface area contributed by atoms with Crippen molar-refractivity contribution < 1.29 is 30.1 Å². The minimum atomic E-state index is -3.59. The van der Waals surface area contributed by atoms with Crippen LogP contribution in [0, 0.1) is 0 Å². The number of nitrogens with zero attached hydrogens (tertiary/aromatic N) is 2. The predicted octanol–water partition coefficient (Wildman–Crippen LogP) is 2.38. The molecule has 0 saturated carbocycles. The first-order valence-corrected chi connectivity index (χ1v) is 11.9. The molecule has 0 amide bonds. The van der Waals surface area contributed by atoms with E-state index in [4.69, 9.17) is 4.74 Å². The van der Waals surface area contributed by atoms with Gasteiger partial charge in [-0.3, -0.25) is 0 Å². The summed E-state index contributed by atoms with van der Waals surface area (Å²) in [5.41, 5.74) is 1.90. The molecule has 0 spiro atoms. The number of rotatable bonds is 6. The zero-order valence-electron chi connectivity index (χ0n) is 18.0. The predicted molar refractivity (Wildman–Crippen MR) is 126 cm³/mol. The van der Waals surface area contributed by atoms with Crippen LogP contribution in [0.15, 0.2) is 137 Å². The summed E-state index contributed by atoms with van der Waals surface area (Å²) in [4.78, 5) is 0.481. The van der Waals surface area contributed by atoms with Crippen molar-refractivity contribution >= 4 is 9.84 Å². The summed E-state index contributed by atoms with van der Waals surface area (Å²) in [6.45, 7) is 0. The van der Waals surface area contributed by atoms with Crippen LogP contribution in [-0.2, 0) is 9.84 Å². The molecule has 5 nitrogen and oxygen atoms in total. The van der Waals surface area contributed by atoms with Crippen molar-refractivity contribution in [2.45, 2.75) is 9.79 Å². The van der Waals surface area contributed by atoms with Crippen LogP contribution < -0.4 is 21.7 Å². The zero-order valence-corrected chi connectivity index (χ0v) is 19.6. The molecule has 1 aromatic heterocycles. The third-order valence-electron chi connectivity index (χ3n) is 5.24. The van der Waals surface area contributed by atoms with E-state index in [1.165, 1.54) is 0 Å². The van der Waals surface area contributed by atoms with E-state index in [0.29, 0.717) is 11.8 Å². The third-order valence-corrected chi connectivity index (χ3v) is 7.03. The summed E-state index contributed by atoms with van der Waals surface area (Å²) in [5.74, 6) is 0.530. The lowest BCUT2D eigenvalue weighted by molar-refractivity contribution is -0.601. The molecule has 4 aromatic carbocycles. The molecule has 0 aliphatic heterocycles. The van der Waals surface area contributed by atoms with Crippen molar-refractivity contribution in [1.82, 2.24) is 4.57 Å². The van der Waals surface area contributed by atoms with Gasteiger partial charge < -0.3 is 17.1 Å². The van der Waals surface area contributed by atoms with Crippen LogP contribution in [-0.4, -0.2) is 13.0 Å². The van der Waals surface area contributed by atoms with Crippen LogP contribution in [0.5, 0.6) is 11.8 Å². The van der Waals surface area contributed by atoms with Gasteiger partial charge in [0.15, 0.2) is 0 Å². The normalized spacial score (nSPS) is 10.9. The lowest BCUT2D eigenvalue weighted by Crippen LogP contribution is -3.00. The molecule has 1 heterocycles. The standard InChI is InChI=1S/C27H21N2O3S.ClH/c30-33(31,25-14-8-3-9-15-25)26-18-16-24(17-19-26)32-27-28(22-10-4-1-5-11-22)20-21-29(27)23-12-6-2-7-13-23;/h1-21H;1H/q+1;/p-1. The summed E-state index contributed by atoms with van der Waals surface area (Å²) in [6.07, 6.45) is 3.87. The molecule has 0 fully saturated rings. The monoisotopic (exact) mass is 488 g/mol. The van der Waals surface area contributed by atoms with Gasteiger partial charge in [0, 0.05) is 0 Å². The fourth-order valence-electron chi connectivity index (χ4n) is 3.57. The van der Waals surface area contributed by atoms with Gasteiger partial charge in [0.05, 0.1) is 9.79 Å². The summed E-state index contributed by atoms with van der Waals surface area (Å²) in [6, 6.07) is 35.3. The van der Waals surface area contributed by atoms with Gasteiger partial charge in [0.2, 0.25) is 9.84 Å². The quantitative estimate of drug-likeness (QED) is 0.345. The van der Waals surface area contributed by atoms with Crippen molar-refractivity contribution in [3.8, 4) is 23.1 Å². The third kappa shape index (κ3) is 4.59. The molecule has 0 saturated heterocycles. The maximum absolute atomic E-state index is 12.9. The Morgan fingerprint density at radius 1 is 0.647 bits per heavy atom. The van der Waals surface area contributed by atoms with Gasteiger partial charge in [0.25, 0.3) is 0 Å². The second-order valence-corrected chi connectivity index (χ2v) is 9.33. The van der Waals surface area contributed by atoms with Gasteiger partial charge in [-0.2, -0.15) is 9.13 Å². The lowest BCUT2D eigenvalue weighted by Gasteiger charge is -2.08. The van der Waals surface area contributed by atoms with Crippen LogP contribution in [0.1, 0.15) is 0 Å². The minimum absolute atomic E-state index is 0. The average Bonchev–Trinajstić information content (AvgIpc) is 3.29. The first-order valence-electron chi connectivity index (χ1n) is 10.4. The average molecular weight is 489 g/mol. The van der Waals surface area contributed by atoms with Crippen LogP contribution in [0.2, 0.25) is 0 Å². The van der Waals surface area contributed by atoms with E-state index in [0.717, 1.165) is 11.4 Å². The molecule has 0 unspecified atom stereocenters. The van der Waals surface area contributed by atoms with E-state index >= 15 is 0 Å². The highest BCUT2D eigenvalue weighted by atomic mass is 35.5. The summed E-state index contributed by atoms with van der Waals surface area (Å²) >= 11 is 0. The Hall–Kier alpha value is -3.87. The van der Waals surface area contributed by atoms with Crippen LogP contribution in [0.25, 0.3) is 11.4 Å². The topological polar surface area (TPSA) is 52.2 Å². The number of benzene rings is 4. The SMILES string of the molecule is O=S(=O)(c1ccccc1)c1ccc(Oc2n(-c3ccccc3)cc[n+]2-c2ccccc2)cc1.[Cl-]. The Labute approximate surface area is 204 Å². The smallest absolute Gasteiger partial charge is 0.472 e. The summed E-state index contributed by atoms with van der Waals surface area (Å²) in [7, 11) is -3.59. The van der Waals surface area contributed by atoms with Gasteiger partial charge in [0.1, 0.15) is 29.5 Å². The molecule has 0 bridgehead atoms. The second-order valence-electron chi connectivity index (χ2n) is 7.38. The molecule has 0 aliphatic rings. The van der Waals surface area contributed by atoms with Gasteiger partial charge in [-0.25, -0.2) is 8.42 Å². The molecule has 0 atom stereocenters. The minimum Gasteiger partial charge on any atom is -1.00 e. The van der Waals surface area contributed by atoms with Gasteiger partial charge >= 0.3 is 6.01 Å². The molecular weight excluding hydrogens is 468 g/mol. The summed E-state index contributed by atoms with van der Waals surface area (Å²) < 4.78 is 36.0. The number of imidazole rings is 1. The highest BCUT2D eigenvalue weighted by molar-refractivity contribution is 7.91. The van der Waals surface area contributed by atoms with Crippen molar-refractivity contribution in [2.24, 2.45) is 0 Å². The molecule has 0 aliphatic carbocycles. The number of hydrogen-bond donors (Lipinski definition) is 0. The van der Waals surface area contributed by atoms with Crippen molar-refractivity contribution in [1.29, 1.82) is 0 Å². The maximum Gasteiger partial charge on any atom is 0.472 e. The molecular formula is C27H21ClN2O3S. The molecule has 5 rings (SSSR count). The molecule has 0 N–H and O–H groups in total. The first-order chi connectivity index (χ1) is 16.1. The number of sulfone groups is 1. The van der Waals surface area contributed by atoms with Crippen molar-refractivity contribution in [3.63, 3.8) is 0 Å². The van der Waals surface area contributed by atoms with Crippen molar-refractivity contribution in [2.75, 3.05) is 0 Å². The maximum atomic E-state index is 12.9. The number of hydrogen-bond acceptors (Lipinski definition) is 3. The van der Waals surface area contributed by atoms with E-state index in [1.807, 2.05) is 82.2 Å². The van der Waals surface area contributed by atoms with E-state index in [-0.39, 0.29) is 22.2 Å². The van der Waals surface area contributed by atoms with Gasteiger partial charge in [-0.1, -0.05) is 54.6 Å². The number of para-hydroxylation sites is 2. The van der Waals surface area contributed by atoms with Crippen LogP contribution in [0.3, 0.4) is 0 Å². The summed E-state index contributed by atoms with van der Waals surface area (Å²) in [5, 5.41) is 0. The van der Waals surface area contributed by atoms with E-state index < -0.39 is 9.84 Å². The van der Waals surface area contributed by atoms with Crippen LogP contribution in [0.4, 0.5) is 0 Å². The number of halogens is 1. The van der Waals surface area contributed by atoms with E-state index in [9.17, 15) is 8.42 Å². The Balaban J connectivity index is 0.00000274. The molecule has 7 heteroatoms. The van der Waals surface area contributed by atoms with Gasteiger partial charge in [-0.05, 0) is 60.7 Å². The Bertz CT molecular complexity index is 1410. The molecule has 170 valence electrons. The van der Waals surface area contributed by atoms with Gasteiger partial charge in [-0.15, -0.1) is 0 Å². The lowest BCUT2D eigenvalue weighted by atomic mass is 10.3. The molecule has 0 radical (unpaired) electrons. The highest BCUT2D eigenvalue weighted by Gasteiger charge is 2.24. The fourth-order valence-corrected chi connectivity index (χ4v) is 4.86. The molecule has 34 heavy (non-hydrogen) atoms. The Kier molecular flexibility index (Phi) is 6.82. The fraction of sp³-hybridized carbons (Fsp3) is 0. The Morgan fingerprint density at radius 2 is 1.18 bits per heavy atom. The van der Waals surface area contributed by atoms with Crippen molar-refractivity contribution in [3.05, 3.63) is 128 Å². The highest BCUT2D eigenvalue weighted by Crippen LogP contribution is 2.27. The van der Waals surface area contributed by atoms with Crippen LogP contribution >= 0.6 is 0 Å². The Morgan fingerprint density at radius 3 is 1.79 bits per heavy atom. The number of aromatic nitrogens is 2. The largest absolute Gasteiger partial charge is 1.00 e. The zero-order chi connectivity index (χ0) is 22.7. The molecule has 5 aromatic rings. The second kappa shape index (κ2) is 9.95. The van der Waals surface area contributed by atoms with E-state index in [1.54, 1.807) is 54.6 Å². The first kappa shape index (κ1) is 23.3.